The van der Waals surface area contributed by atoms with Crippen LogP contribution in [0, 0.1) is 0 Å². The number of carbonyl (C=O) groups excluding carboxylic acids is 1. The number of aliphatic imine (C=N–C) groups is 1. The number of hydrogen-bond acceptors (Lipinski definition) is 3. The minimum Gasteiger partial charge on any atom is -0.342 e. The summed E-state index contributed by atoms with van der Waals surface area (Å²) in [5.74, 6) is 0.543. The molecule has 0 unspecified atom stereocenters. The van der Waals surface area contributed by atoms with E-state index >= 15 is 0 Å². The summed E-state index contributed by atoms with van der Waals surface area (Å²) in [6, 6.07) is 17.1. The van der Waals surface area contributed by atoms with Gasteiger partial charge in [0.15, 0.2) is 0 Å². The number of nitrogens with zero attached hydrogens (tertiary/aromatic N) is 3. The Labute approximate surface area is 165 Å². The van der Waals surface area contributed by atoms with Gasteiger partial charge in [-0.3, -0.25) is 4.79 Å². The van der Waals surface area contributed by atoms with Crippen molar-refractivity contribution < 1.29 is 4.79 Å². The molecule has 0 N–H and O–H groups in total. The van der Waals surface area contributed by atoms with Crippen molar-refractivity contribution in [2.24, 2.45) is 4.99 Å². The van der Waals surface area contributed by atoms with Crippen molar-refractivity contribution in [1.82, 2.24) is 4.90 Å². The fourth-order valence-electron chi connectivity index (χ4n) is 3.12. The molecule has 0 atom stereocenters. The number of benzene rings is 2. The van der Waals surface area contributed by atoms with E-state index in [-0.39, 0.29) is 5.91 Å². The summed E-state index contributed by atoms with van der Waals surface area (Å²) in [6.45, 7) is 5.94. The summed E-state index contributed by atoms with van der Waals surface area (Å²) in [5.41, 5.74) is 2.13. The van der Waals surface area contributed by atoms with Gasteiger partial charge in [-0.15, -0.1) is 0 Å². The first-order chi connectivity index (χ1) is 13.1. The number of hydrogen-bond donors (Lipinski definition) is 0. The fraction of sp³-hybridized carbons (Fsp3) is 0.273. The zero-order valence-corrected chi connectivity index (χ0v) is 16.5. The molecule has 1 aliphatic heterocycles. The predicted octanol–water partition coefficient (Wildman–Crippen LogP) is 5.21. The molecule has 1 heterocycles. The van der Waals surface area contributed by atoms with Gasteiger partial charge < -0.3 is 4.90 Å². The quantitative estimate of drug-likeness (QED) is 0.644. The molecule has 1 amide bonds. The van der Waals surface area contributed by atoms with Gasteiger partial charge in [0.1, 0.15) is 5.70 Å². The van der Waals surface area contributed by atoms with Gasteiger partial charge in [0.25, 0.3) is 5.91 Å². The Balaban J connectivity index is 2.06. The molecule has 0 saturated carbocycles. The normalized spacial score (nSPS) is 15.4. The molecule has 4 nitrogen and oxygen atoms in total. The van der Waals surface area contributed by atoms with E-state index in [9.17, 15) is 4.79 Å². The first kappa shape index (κ1) is 19.2. The third-order valence-corrected chi connectivity index (χ3v) is 4.52. The molecule has 140 valence electrons. The lowest BCUT2D eigenvalue weighted by Gasteiger charge is -2.29. The van der Waals surface area contributed by atoms with Gasteiger partial charge in [0.05, 0.1) is 5.69 Å². The second-order valence-corrected chi connectivity index (χ2v) is 6.90. The highest BCUT2D eigenvalue weighted by Crippen LogP contribution is 2.28. The van der Waals surface area contributed by atoms with Gasteiger partial charge in [0.2, 0.25) is 5.96 Å². The van der Waals surface area contributed by atoms with Gasteiger partial charge in [-0.25, -0.2) is 9.89 Å². The largest absolute Gasteiger partial charge is 0.342 e. The van der Waals surface area contributed by atoms with Gasteiger partial charge in [0, 0.05) is 18.1 Å². The van der Waals surface area contributed by atoms with Crippen LogP contribution in [0.25, 0.3) is 6.08 Å². The van der Waals surface area contributed by atoms with E-state index in [0.717, 1.165) is 37.2 Å². The Hall–Kier alpha value is -2.59. The second kappa shape index (κ2) is 8.87. The topological polar surface area (TPSA) is 35.9 Å². The number of carbonyl (C=O) groups is 1. The molecule has 5 heteroatoms. The lowest BCUT2D eigenvalue weighted by Crippen LogP contribution is -2.44. The van der Waals surface area contributed by atoms with Gasteiger partial charge >= 0.3 is 0 Å². The number of rotatable bonds is 6. The SMILES string of the molecule is CCCN(CCC)C1=N/C(=C\c2ccccc2)C(=O)N1c1cccc(Cl)c1. The number of amides is 1. The minimum absolute atomic E-state index is 0.131. The molecule has 0 bridgehead atoms. The molecule has 0 aliphatic carbocycles. The van der Waals surface area contributed by atoms with Crippen molar-refractivity contribution in [3.05, 3.63) is 70.9 Å². The summed E-state index contributed by atoms with van der Waals surface area (Å²) in [7, 11) is 0. The third kappa shape index (κ3) is 4.40. The molecule has 0 radical (unpaired) electrons. The van der Waals surface area contributed by atoms with Crippen molar-refractivity contribution in [1.29, 1.82) is 0 Å². The Morgan fingerprint density at radius 1 is 1.04 bits per heavy atom. The highest BCUT2D eigenvalue weighted by Gasteiger charge is 2.34. The Bertz CT molecular complexity index is 855. The molecule has 0 fully saturated rings. The number of anilines is 1. The van der Waals surface area contributed by atoms with E-state index in [0.29, 0.717) is 16.7 Å². The lowest BCUT2D eigenvalue weighted by molar-refractivity contribution is -0.113. The molecule has 0 spiro atoms. The summed E-state index contributed by atoms with van der Waals surface area (Å²) < 4.78 is 0. The highest BCUT2D eigenvalue weighted by molar-refractivity contribution is 6.32. The summed E-state index contributed by atoms with van der Waals surface area (Å²) in [4.78, 5) is 21.8. The number of guanidine groups is 1. The van der Waals surface area contributed by atoms with Crippen molar-refractivity contribution in [2.45, 2.75) is 26.7 Å². The molecule has 0 aromatic heterocycles. The second-order valence-electron chi connectivity index (χ2n) is 6.46. The molecular formula is C22H24ClN3O. The molecule has 1 aliphatic rings. The van der Waals surface area contributed by atoms with Crippen LogP contribution < -0.4 is 4.90 Å². The van der Waals surface area contributed by atoms with Crippen molar-refractivity contribution in [2.75, 3.05) is 18.0 Å². The van der Waals surface area contributed by atoms with Crippen molar-refractivity contribution in [3.63, 3.8) is 0 Å². The van der Waals surface area contributed by atoms with Crippen LogP contribution >= 0.6 is 11.6 Å². The van der Waals surface area contributed by atoms with Crippen LogP contribution in [0.4, 0.5) is 5.69 Å². The van der Waals surface area contributed by atoms with Crippen molar-refractivity contribution in [3.8, 4) is 0 Å². The van der Waals surface area contributed by atoms with Crippen LogP contribution in [-0.2, 0) is 4.79 Å². The standard InChI is InChI=1S/C22H24ClN3O/c1-3-13-25(14-4-2)22-24-20(15-17-9-6-5-7-10-17)21(27)26(22)19-12-8-11-18(23)16-19/h5-12,15-16H,3-4,13-14H2,1-2H3/b20-15-. The van der Waals surface area contributed by atoms with Crippen LogP contribution in [-0.4, -0.2) is 29.9 Å². The van der Waals surface area contributed by atoms with E-state index in [2.05, 4.69) is 18.7 Å². The average molecular weight is 382 g/mol. The summed E-state index contributed by atoms with van der Waals surface area (Å²) >= 11 is 6.18. The monoisotopic (exact) mass is 381 g/mol. The third-order valence-electron chi connectivity index (χ3n) is 4.28. The van der Waals surface area contributed by atoms with Crippen LogP contribution in [0.15, 0.2) is 65.3 Å². The zero-order chi connectivity index (χ0) is 19.2. The summed E-state index contributed by atoms with van der Waals surface area (Å²) in [5, 5.41) is 0.595. The molecule has 2 aromatic carbocycles. The maximum atomic E-state index is 13.2. The first-order valence-corrected chi connectivity index (χ1v) is 9.72. The summed E-state index contributed by atoms with van der Waals surface area (Å²) in [6.07, 6.45) is 3.80. The molecular weight excluding hydrogens is 358 g/mol. The van der Waals surface area contributed by atoms with Crippen LogP contribution in [0.2, 0.25) is 5.02 Å². The first-order valence-electron chi connectivity index (χ1n) is 9.34. The molecule has 27 heavy (non-hydrogen) atoms. The average Bonchev–Trinajstić information content (AvgIpc) is 2.98. The van der Waals surface area contributed by atoms with E-state index in [1.165, 1.54) is 0 Å². The Kier molecular flexibility index (Phi) is 6.30. The fourth-order valence-corrected chi connectivity index (χ4v) is 3.31. The maximum absolute atomic E-state index is 13.2. The minimum atomic E-state index is -0.131. The highest BCUT2D eigenvalue weighted by atomic mass is 35.5. The van der Waals surface area contributed by atoms with E-state index in [4.69, 9.17) is 16.6 Å². The van der Waals surface area contributed by atoms with Gasteiger partial charge in [-0.1, -0.05) is 61.8 Å². The zero-order valence-electron chi connectivity index (χ0n) is 15.7. The van der Waals surface area contributed by atoms with Gasteiger partial charge in [-0.05, 0) is 42.7 Å². The lowest BCUT2D eigenvalue weighted by atomic mass is 10.2. The number of halogens is 1. The van der Waals surface area contributed by atoms with Crippen LogP contribution in [0.3, 0.4) is 0 Å². The van der Waals surface area contributed by atoms with Crippen LogP contribution in [0.5, 0.6) is 0 Å². The Morgan fingerprint density at radius 3 is 2.37 bits per heavy atom. The van der Waals surface area contributed by atoms with E-state index in [1.54, 1.807) is 17.0 Å². The van der Waals surface area contributed by atoms with Crippen LogP contribution in [0.1, 0.15) is 32.3 Å². The van der Waals surface area contributed by atoms with Gasteiger partial charge in [-0.2, -0.15) is 0 Å². The Morgan fingerprint density at radius 2 is 1.74 bits per heavy atom. The molecule has 2 aromatic rings. The molecule has 0 saturated heterocycles. The van der Waals surface area contributed by atoms with E-state index < -0.39 is 0 Å². The van der Waals surface area contributed by atoms with Crippen molar-refractivity contribution >= 4 is 35.2 Å². The van der Waals surface area contributed by atoms with E-state index in [1.807, 2.05) is 48.5 Å². The predicted molar refractivity (Wildman–Crippen MR) is 113 cm³/mol. The molecule has 3 rings (SSSR count). The smallest absolute Gasteiger partial charge is 0.283 e. The maximum Gasteiger partial charge on any atom is 0.283 e.